The van der Waals surface area contributed by atoms with E-state index in [-0.39, 0.29) is 29.7 Å². The summed E-state index contributed by atoms with van der Waals surface area (Å²) in [5.41, 5.74) is 1.14. The topological polar surface area (TPSA) is 53.5 Å². The van der Waals surface area contributed by atoms with E-state index in [0.29, 0.717) is 0 Å². The van der Waals surface area contributed by atoms with Crippen molar-refractivity contribution >= 4 is 23.6 Å². The zero-order valence-corrected chi connectivity index (χ0v) is 14.6. The molecule has 2 saturated heterocycles. The van der Waals surface area contributed by atoms with E-state index in [2.05, 4.69) is 4.98 Å². The molecule has 0 spiro atoms. The van der Waals surface area contributed by atoms with E-state index in [0.717, 1.165) is 56.0 Å². The first-order valence-corrected chi connectivity index (χ1v) is 9.98. The molecule has 0 aromatic carbocycles. The SMILES string of the molecule is O=C([C@@H]1CCCN1C(=O)[C@H]1C[C@@H]1c1cccnc1)N1CCSCC1. The second-order valence-corrected chi connectivity index (χ2v) is 8.09. The zero-order chi connectivity index (χ0) is 16.5. The summed E-state index contributed by atoms with van der Waals surface area (Å²) in [6.07, 6.45) is 6.26. The summed E-state index contributed by atoms with van der Waals surface area (Å²) in [5, 5.41) is 0. The highest BCUT2D eigenvalue weighted by Gasteiger charge is 2.49. The van der Waals surface area contributed by atoms with Crippen molar-refractivity contribution in [1.29, 1.82) is 0 Å². The summed E-state index contributed by atoms with van der Waals surface area (Å²) in [5.74, 6) is 2.69. The van der Waals surface area contributed by atoms with Crippen molar-refractivity contribution in [2.24, 2.45) is 5.92 Å². The third-order valence-corrected chi connectivity index (χ3v) is 6.31. The molecule has 24 heavy (non-hydrogen) atoms. The highest BCUT2D eigenvalue weighted by atomic mass is 32.2. The maximum absolute atomic E-state index is 12.9. The first-order chi connectivity index (χ1) is 11.8. The van der Waals surface area contributed by atoms with Crippen molar-refractivity contribution in [3.63, 3.8) is 0 Å². The van der Waals surface area contributed by atoms with Gasteiger partial charge in [-0.25, -0.2) is 0 Å². The third-order valence-electron chi connectivity index (χ3n) is 5.36. The van der Waals surface area contributed by atoms with E-state index >= 15 is 0 Å². The minimum absolute atomic E-state index is 0.0412. The lowest BCUT2D eigenvalue weighted by Crippen LogP contribution is -2.50. The number of carbonyl (C=O) groups excluding carboxylic acids is 2. The van der Waals surface area contributed by atoms with Crippen molar-refractivity contribution in [2.75, 3.05) is 31.1 Å². The molecule has 3 atom stereocenters. The number of rotatable bonds is 3. The van der Waals surface area contributed by atoms with Crippen LogP contribution in [0.1, 0.15) is 30.7 Å². The number of nitrogens with zero attached hydrogens (tertiary/aromatic N) is 3. The molecule has 3 fully saturated rings. The van der Waals surface area contributed by atoms with E-state index in [4.69, 9.17) is 0 Å². The smallest absolute Gasteiger partial charge is 0.245 e. The third kappa shape index (κ3) is 3.04. The lowest BCUT2D eigenvalue weighted by molar-refractivity contribution is -0.144. The predicted molar refractivity (Wildman–Crippen MR) is 93.7 cm³/mol. The average molecular weight is 345 g/mol. The molecule has 3 aliphatic rings. The first-order valence-electron chi connectivity index (χ1n) is 8.82. The number of pyridine rings is 1. The molecule has 5 nitrogen and oxygen atoms in total. The summed E-state index contributed by atoms with van der Waals surface area (Å²) in [6.45, 7) is 2.38. The van der Waals surface area contributed by atoms with Gasteiger partial charge < -0.3 is 9.80 Å². The van der Waals surface area contributed by atoms with E-state index < -0.39 is 0 Å². The molecule has 2 amide bonds. The minimum atomic E-state index is -0.226. The maximum atomic E-state index is 12.9. The van der Waals surface area contributed by atoms with Crippen LogP contribution in [0.15, 0.2) is 24.5 Å². The first kappa shape index (κ1) is 15.9. The van der Waals surface area contributed by atoms with E-state index in [9.17, 15) is 9.59 Å². The van der Waals surface area contributed by atoms with Gasteiger partial charge in [-0.1, -0.05) is 6.07 Å². The summed E-state index contributed by atoms with van der Waals surface area (Å²) in [4.78, 5) is 33.7. The van der Waals surface area contributed by atoms with Crippen LogP contribution in [0.3, 0.4) is 0 Å². The van der Waals surface area contributed by atoms with Gasteiger partial charge >= 0.3 is 0 Å². The molecule has 1 saturated carbocycles. The van der Waals surface area contributed by atoms with Crippen LogP contribution in [0, 0.1) is 5.92 Å². The van der Waals surface area contributed by atoms with Gasteiger partial charge in [0.2, 0.25) is 11.8 Å². The van der Waals surface area contributed by atoms with Crippen LogP contribution in [0.25, 0.3) is 0 Å². The molecule has 1 aromatic rings. The van der Waals surface area contributed by atoms with Crippen molar-refractivity contribution < 1.29 is 9.59 Å². The predicted octanol–water partition coefficient (Wildman–Crippen LogP) is 1.75. The second kappa shape index (κ2) is 6.75. The molecule has 1 aromatic heterocycles. The van der Waals surface area contributed by atoms with Crippen molar-refractivity contribution in [3.05, 3.63) is 30.1 Å². The monoisotopic (exact) mass is 345 g/mol. The van der Waals surface area contributed by atoms with E-state index in [1.807, 2.05) is 39.9 Å². The minimum Gasteiger partial charge on any atom is -0.339 e. The van der Waals surface area contributed by atoms with Crippen LogP contribution < -0.4 is 0 Å². The fourth-order valence-electron chi connectivity index (χ4n) is 3.93. The van der Waals surface area contributed by atoms with E-state index in [1.54, 1.807) is 6.20 Å². The molecule has 4 rings (SSSR count). The van der Waals surface area contributed by atoms with Gasteiger partial charge in [0.25, 0.3) is 0 Å². The molecule has 0 unspecified atom stereocenters. The average Bonchev–Trinajstić information content (AvgIpc) is 3.30. The molecule has 0 radical (unpaired) electrons. The van der Waals surface area contributed by atoms with Crippen LogP contribution in [-0.4, -0.2) is 63.8 Å². The van der Waals surface area contributed by atoms with Gasteiger partial charge in [0.15, 0.2) is 0 Å². The number of amides is 2. The second-order valence-electron chi connectivity index (χ2n) is 6.86. The maximum Gasteiger partial charge on any atom is 0.245 e. The normalized spacial score (nSPS) is 29.6. The van der Waals surface area contributed by atoms with Gasteiger partial charge in [0, 0.05) is 49.5 Å². The summed E-state index contributed by atoms with van der Waals surface area (Å²) in [6, 6.07) is 3.74. The van der Waals surface area contributed by atoms with Crippen LogP contribution in [0.2, 0.25) is 0 Å². The number of thioether (sulfide) groups is 1. The summed E-state index contributed by atoms with van der Waals surface area (Å²) < 4.78 is 0. The van der Waals surface area contributed by atoms with Crippen molar-refractivity contribution in [2.45, 2.75) is 31.2 Å². The van der Waals surface area contributed by atoms with Crippen LogP contribution in [0.5, 0.6) is 0 Å². The van der Waals surface area contributed by atoms with Gasteiger partial charge in [-0.2, -0.15) is 11.8 Å². The lowest BCUT2D eigenvalue weighted by atomic mass is 10.1. The quantitative estimate of drug-likeness (QED) is 0.838. The van der Waals surface area contributed by atoms with Crippen LogP contribution >= 0.6 is 11.8 Å². The molecule has 1 aliphatic carbocycles. The Hall–Kier alpha value is -1.56. The van der Waals surface area contributed by atoms with Crippen molar-refractivity contribution in [1.82, 2.24) is 14.8 Å². The Morgan fingerprint density at radius 3 is 2.75 bits per heavy atom. The fraction of sp³-hybridized carbons (Fsp3) is 0.611. The summed E-state index contributed by atoms with van der Waals surface area (Å²) in [7, 11) is 0. The molecule has 6 heteroatoms. The Labute approximate surface area is 146 Å². The number of hydrogen-bond acceptors (Lipinski definition) is 4. The Balaban J connectivity index is 1.41. The highest BCUT2D eigenvalue weighted by Crippen LogP contribution is 2.48. The fourth-order valence-corrected chi connectivity index (χ4v) is 4.83. The molecular weight excluding hydrogens is 322 g/mol. The number of carbonyl (C=O) groups is 2. The van der Waals surface area contributed by atoms with Gasteiger partial charge in [-0.3, -0.25) is 14.6 Å². The molecule has 2 aliphatic heterocycles. The number of likely N-dealkylation sites (tertiary alicyclic amines) is 1. The Morgan fingerprint density at radius 2 is 2.00 bits per heavy atom. The number of aromatic nitrogens is 1. The highest BCUT2D eigenvalue weighted by molar-refractivity contribution is 7.99. The molecule has 3 heterocycles. The van der Waals surface area contributed by atoms with Gasteiger partial charge in [-0.15, -0.1) is 0 Å². The van der Waals surface area contributed by atoms with Gasteiger partial charge in [-0.05, 0) is 36.8 Å². The molecular formula is C18H23N3O2S. The zero-order valence-electron chi connectivity index (χ0n) is 13.8. The molecule has 128 valence electrons. The van der Waals surface area contributed by atoms with Crippen LogP contribution in [-0.2, 0) is 9.59 Å². The Kier molecular flexibility index (Phi) is 4.48. The lowest BCUT2D eigenvalue weighted by Gasteiger charge is -2.32. The van der Waals surface area contributed by atoms with E-state index in [1.165, 1.54) is 0 Å². The Morgan fingerprint density at radius 1 is 1.17 bits per heavy atom. The largest absolute Gasteiger partial charge is 0.339 e. The van der Waals surface area contributed by atoms with Gasteiger partial charge in [0.05, 0.1) is 0 Å². The van der Waals surface area contributed by atoms with Crippen molar-refractivity contribution in [3.8, 4) is 0 Å². The molecule has 0 N–H and O–H groups in total. The number of hydrogen-bond donors (Lipinski definition) is 0. The Bertz CT molecular complexity index is 618. The summed E-state index contributed by atoms with van der Waals surface area (Å²) >= 11 is 1.90. The van der Waals surface area contributed by atoms with Gasteiger partial charge in [0.1, 0.15) is 6.04 Å². The molecule has 0 bridgehead atoms. The standard InChI is InChI=1S/C18H23N3O2S/c22-17(15-11-14(15)13-3-1-5-19-12-13)21-6-2-4-16(21)18(23)20-7-9-24-10-8-20/h1,3,5,12,14-16H,2,4,6-11H2/t14-,15+,16+/m1/s1. The van der Waals surface area contributed by atoms with Crippen LogP contribution in [0.4, 0.5) is 0 Å².